The Kier molecular flexibility index (Phi) is 3.69. The van der Waals surface area contributed by atoms with Gasteiger partial charge >= 0.3 is 0 Å². The maximum absolute atomic E-state index is 12.1. The van der Waals surface area contributed by atoms with Gasteiger partial charge in [0.15, 0.2) is 0 Å². The second-order valence-electron chi connectivity index (χ2n) is 4.99. The molecule has 6 nitrogen and oxygen atoms in total. The highest BCUT2D eigenvalue weighted by Crippen LogP contribution is 2.32. The summed E-state index contributed by atoms with van der Waals surface area (Å²) in [5.41, 5.74) is 0.332. The van der Waals surface area contributed by atoms with E-state index in [1.165, 1.54) is 12.3 Å². The summed E-state index contributed by atoms with van der Waals surface area (Å²) in [7, 11) is -3.78. The van der Waals surface area contributed by atoms with Crippen LogP contribution in [-0.4, -0.2) is 24.9 Å². The Morgan fingerprint density at radius 1 is 1.58 bits per heavy atom. The second-order valence-corrected chi connectivity index (χ2v) is 6.55. The molecule has 0 saturated heterocycles. The summed E-state index contributed by atoms with van der Waals surface area (Å²) in [4.78, 5) is 12.1. The van der Waals surface area contributed by atoms with Crippen molar-refractivity contribution in [3.8, 4) is 0 Å². The van der Waals surface area contributed by atoms with Crippen molar-refractivity contribution in [2.24, 2.45) is 11.1 Å². The molecule has 1 fully saturated rings. The number of carbonyl (C=O) groups is 1. The highest BCUT2D eigenvalue weighted by atomic mass is 32.2. The number of rotatable bonds is 5. The average molecular weight is 285 g/mol. The van der Waals surface area contributed by atoms with Crippen molar-refractivity contribution in [3.05, 3.63) is 18.0 Å². The lowest BCUT2D eigenvalue weighted by Gasteiger charge is -2.13. The summed E-state index contributed by atoms with van der Waals surface area (Å²) in [5.74, 6) is 0.294. The molecule has 1 heterocycles. The van der Waals surface area contributed by atoms with Crippen LogP contribution in [0.3, 0.4) is 0 Å². The van der Waals surface area contributed by atoms with Crippen LogP contribution in [0.5, 0.6) is 0 Å². The molecule has 106 valence electrons. The van der Waals surface area contributed by atoms with Crippen LogP contribution in [0.25, 0.3) is 0 Å². The van der Waals surface area contributed by atoms with Crippen LogP contribution >= 0.6 is 0 Å². The number of nitrogens with one attached hydrogen (secondary N) is 1. The topological polar surface area (TPSA) is 94.2 Å². The van der Waals surface area contributed by atoms with Gasteiger partial charge in [0.05, 0.1) is 0 Å². The van der Waals surface area contributed by atoms with Gasteiger partial charge in [-0.25, -0.2) is 13.6 Å². The van der Waals surface area contributed by atoms with E-state index >= 15 is 0 Å². The van der Waals surface area contributed by atoms with Crippen molar-refractivity contribution in [1.29, 1.82) is 0 Å². The van der Waals surface area contributed by atoms with Crippen LogP contribution in [0.15, 0.2) is 17.2 Å². The average Bonchev–Trinajstić information content (AvgIpc) is 3.06. The third kappa shape index (κ3) is 3.16. The molecule has 1 amide bonds. The van der Waals surface area contributed by atoms with E-state index in [4.69, 9.17) is 5.14 Å². The quantitative estimate of drug-likeness (QED) is 0.833. The maximum Gasteiger partial charge on any atom is 0.268 e. The molecule has 0 bridgehead atoms. The minimum atomic E-state index is -3.78. The summed E-state index contributed by atoms with van der Waals surface area (Å²) >= 11 is 0. The van der Waals surface area contributed by atoms with E-state index in [1.54, 1.807) is 4.57 Å². The molecule has 1 aliphatic carbocycles. The van der Waals surface area contributed by atoms with Gasteiger partial charge in [0.2, 0.25) is 10.0 Å². The van der Waals surface area contributed by atoms with Gasteiger partial charge in [0, 0.05) is 18.8 Å². The van der Waals surface area contributed by atoms with E-state index in [1.807, 2.05) is 13.8 Å². The Labute approximate surface area is 113 Å². The fourth-order valence-electron chi connectivity index (χ4n) is 2.09. The Morgan fingerprint density at radius 2 is 2.21 bits per heavy atom. The van der Waals surface area contributed by atoms with Crippen molar-refractivity contribution in [3.63, 3.8) is 0 Å². The van der Waals surface area contributed by atoms with Crippen molar-refractivity contribution in [1.82, 2.24) is 9.88 Å². The normalized spacial score (nSPS) is 17.2. The van der Waals surface area contributed by atoms with Crippen LogP contribution in [0.4, 0.5) is 0 Å². The zero-order valence-electron chi connectivity index (χ0n) is 11.1. The van der Waals surface area contributed by atoms with Gasteiger partial charge in [-0.2, -0.15) is 0 Å². The van der Waals surface area contributed by atoms with E-state index in [-0.39, 0.29) is 16.8 Å². The third-order valence-corrected chi connectivity index (χ3v) is 4.34. The smallest absolute Gasteiger partial charge is 0.268 e. The molecule has 19 heavy (non-hydrogen) atoms. The molecule has 1 aromatic heterocycles. The molecule has 1 saturated carbocycles. The summed E-state index contributed by atoms with van der Waals surface area (Å²) in [6, 6.07) is 1.44. The Bertz CT molecular complexity index is 587. The fourth-order valence-corrected chi connectivity index (χ4v) is 2.64. The highest BCUT2D eigenvalue weighted by Gasteiger charge is 2.30. The van der Waals surface area contributed by atoms with E-state index in [9.17, 15) is 13.2 Å². The third-order valence-electron chi connectivity index (χ3n) is 3.46. The number of aromatic nitrogens is 1. The fraction of sp³-hybridized carbons (Fsp3) is 0.583. The number of hydrogen-bond acceptors (Lipinski definition) is 3. The molecular formula is C12H19N3O3S. The van der Waals surface area contributed by atoms with E-state index in [0.717, 1.165) is 12.8 Å². The Morgan fingerprint density at radius 3 is 2.68 bits per heavy atom. The molecule has 2 rings (SSSR count). The van der Waals surface area contributed by atoms with E-state index < -0.39 is 10.0 Å². The van der Waals surface area contributed by atoms with Crippen molar-refractivity contribution in [2.45, 2.75) is 44.2 Å². The summed E-state index contributed by atoms with van der Waals surface area (Å²) in [5, 5.41) is 7.98. The molecular weight excluding hydrogens is 266 g/mol. The first kappa shape index (κ1) is 14.1. The molecule has 0 aliphatic heterocycles. The van der Waals surface area contributed by atoms with Crippen molar-refractivity contribution in [2.75, 3.05) is 0 Å². The molecule has 3 N–H and O–H groups in total. The van der Waals surface area contributed by atoms with Gasteiger partial charge < -0.3 is 9.88 Å². The van der Waals surface area contributed by atoms with Gasteiger partial charge in [-0.05, 0) is 38.7 Å². The summed E-state index contributed by atoms with van der Waals surface area (Å²) < 4.78 is 24.2. The highest BCUT2D eigenvalue weighted by molar-refractivity contribution is 7.89. The van der Waals surface area contributed by atoms with E-state index in [0.29, 0.717) is 18.2 Å². The summed E-state index contributed by atoms with van der Waals surface area (Å²) in [6.45, 7) is 4.32. The summed E-state index contributed by atoms with van der Waals surface area (Å²) in [6.07, 6.45) is 3.67. The number of sulfonamides is 1. The largest absolute Gasteiger partial charge is 0.348 e. The number of nitrogens with two attached hydrogens (primary N) is 1. The number of hydrogen-bond donors (Lipinski definition) is 2. The number of nitrogens with zero attached hydrogens (tertiary/aromatic N) is 1. The van der Waals surface area contributed by atoms with Gasteiger partial charge in [0.25, 0.3) is 5.91 Å². The first-order chi connectivity index (χ1) is 8.82. The first-order valence-corrected chi connectivity index (χ1v) is 7.91. The molecule has 7 heteroatoms. The zero-order valence-corrected chi connectivity index (χ0v) is 11.9. The lowest BCUT2D eigenvalue weighted by molar-refractivity contribution is 0.0926. The van der Waals surface area contributed by atoms with Gasteiger partial charge in [0.1, 0.15) is 10.6 Å². The predicted octanol–water partition coefficient (Wildman–Crippen LogP) is 0.684. The number of amides is 1. The molecule has 0 aromatic carbocycles. The zero-order chi connectivity index (χ0) is 14.2. The number of carbonyl (C=O) groups excluding carboxylic acids is 1. The molecule has 1 unspecified atom stereocenters. The molecule has 0 radical (unpaired) electrons. The minimum Gasteiger partial charge on any atom is -0.348 e. The number of primary sulfonamides is 1. The molecule has 1 aliphatic rings. The van der Waals surface area contributed by atoms with Crippen LogP contribution < -0.4 is 10.5 Å². The van der Waals surface area contributed by atoms with Gasteiger partial charge in [-0.15, -0.1) is 0 Å². The SMILES string of the molecule is CCn1cc(S(N)(=O)=O)cc1C(=O)NC(C)C1CC1. The van der Waals surface area contributed by atoms with Crippen molar-refractivity contribution >= 4 is 15.9 Å². The predicted molar refractivity (Wildman–Crippen MR) is 71.1 cm³/mol. The van der Waals surface area contributed by atoms with E-state index in [2.05, 4.69) is 5.32 Å². The number of aryl methyl sites for hydroxylation is 1. The van der Waals surface area contributed by atoms with Crippen LogP contribution in [0.1, 0.15) is 37.2 Å². The minimum absolute atomic E-state index is 0.0291. The first-order valence-electron chi connectivity index (χ1n) is 6.36. The maximum atomic E-state index is 12.1. The molecule has 0 spiro atoms. The molecule has 1 aromatic rings. The molecule has 1 atom stereocenters. The van der Waals surface area contributed by atoms with Crippen LogP contribution in [-0.2, 0) is 16.6 Å². The second kappa shape index (κ2) is 4.97. The monoisotopic (exact) mass is 285 g/mol. The van der Waals surface area contributed by atoms with Crippen LogP contribution in [0.2, 0.25) is 0 Å². The standard InChI is InChI=1S/C12H19N3O3S/c1-3-15-7-10(19(13,17)18)6-11(15)12(16)14-8(2)9-4-5-9/h6-9H,3-5H2,1-2H3,(H,14,16)(H2,13,17,18). The lowest BCUT2D eigenvalue weighted by Crippen LogP contribution is -2.35. The van der Waals surface area contributed by atoms with Gasteiger partial charge in [-0.3, -0.25) is 4.79 Å². The Hall–Kier alpha value is -1.34. The van der Waals surface area contributed by atoms with Crippen LogP contribution in [0, 0.1) is 5.92 Å². The van der Waals surface area contributed by atoms with Gasteiger partial charge in [-0.1, -0.05) is 0 Å². The lowest BCUT2D eigenvalue weighted by atomic mass is 10.2. The van der Waals surface area contributed by atoms with Crippen molar-refractivity contribution < 1.29 is 13.2 Å². The Balaban J connectivity index is 2.22.